The summed E-state index contributed by atoms with van der Waals surface area (Å²) in [5.74, 6) is -2.47. The van der Waals surface area contributed by atoms with Gasteiger partial charge in [0.25, 0.3) is 0 Å². The van der Waals surface area contributed by atoms with Gasteiger partial charge in [0.15, 0.2) is 0 Å². The normalized spacial score (nSPS) is 27.0. The minimum Gasteiger partial charge on any atom is -0.490 e. The Kier molecular flexibility index (Phi) is 8.18. The molecule has 0 radical (unpaired) electrons. The number of piperidine rings is 2. The van der Waals surface area contributed by atoms with E-state index in [0.717, 1.165) is 19.3 Å². The second kappa shape index (κ2) is 11.4. The fraction of sp³-hybridized carbons (Fsp3) is 0.600. The van der Waals surface area contributed by atoms with Crippen molar-refractivity contribution in [1.82, 2.24) is 4.90 Å². The lowest BCUT2D eigenvalue weighted by Gasteiger charge is -2.48. The van der Waals surface area contributed by atoms with E-state index in [1.165, 1.54) is 31.4 Å². The van der Waals surface area contributed by atoms with Gasteiger partial charge in [-0.25, -0.2) is 0 Å². The molecule has 5 rings (SSSR count). The van der Waals surface area contributed by atoms with E-state index >= 15 is 0 Å². The Morgan fingerprint density at radius 3 is 2.15 bits per heavy atom. The number of benzene rings is 2. The van der Waals surface area contributed by atoms with Crippen molar-refractivity contribution in [2.24, 2.45) is 11.8 Å². The highest BCUT2D eigenvalue weighted by molar-refractivity contribution is 5.90. The van der Waals surface area contributed by atoms with Crippen molar-refractivity contribution in [3.8, 4) is 5.75 Å². The molecule has 0 aromatic heterocycles. The van der Waals surface area contributed by atoms with Crippen molar-refractivity contribution >= 4 is 22.6 Å². The van der Waals surface area contributed by atoms with E-state index in [0.29, 0.717) is 23.8 Å². The van der Waals surface area contributed by atoms with Crippen molar-refractivity contribution in [2.45, 2.75) is 94.7 Å². The number of carbonyl (C=O) groups excluding carboxylic acids is 2. The molecule has 1 saturated carbocycles. The monoisotopic (exact) mass is 585 g/mol. The molecule has 1 amide bonds. The van der Waals surface area contributed by atoms with Crippen molar-refractivity contribution in [1.29, 1.82) is 0 Å². The molecule has 0 spiro atoms. The zero-order valence-corrected chi connectivity index (χ0v) is 22.7. The summed E-state index contributed by atoms with van der Waals surface area (Å²) in [6.45, 7) is 0. The molecule has 0 N–H and O–H groups in total. The van der Waals surface area contributed by atoms with E-state index in [4.69, 9.17) is 9.47 Å². The average molecular weight is 586 g/mol. The summed E-state index contributed by atoms with van der Waals surface area (Å²) in [4.78, 5) is 27.4. The molecular weight excluding hydrogens is 552 g/mol. The van der Waals surface area contributed by atoms with Crippen LogP contribution in [0.5, 0.6) is 5.75 Å². The van der Waals surface area contributed by atoms with Crippen molar-refractivity contribution < 1.29 is 45.4 Å². The first-order chi connectivity index (χ1) is 19.3. The van der Waals surface area contributed by atoms with E-state index in [2.05, 4.69) is 0 Å². The van der Waals surface area contributed by atoms with Crippen molar-refractivity contribution in [3.63, 3.8) is 0 Å². The molecule has 2 saturated heterocycles. The topological polar surface area (TPSA) is 55.8 Å². The highest BCUT2D eigenvalue weighted by Gasteiger charge is 2.44. The van der Waals surface area contributed by atoms with Crippen LogP contribution < -0.4 is 4.74 Å². The van der Waals surface area contributed by atoms with Crippen LogP contribution in [0.3, 0.4) is 0 Å². The number of amides is 1. The van der Waals surface area contributed by atoms with Gasteiger partial charge in [-0.05, 0) is 80.2 Å². The largest absolute Gasteiger partial charge is 0.490 e. The Hall–Kier alpha value is -2.98. The van der Waals surface area contributed by atoms with Crippen LogP contribution in [-0.4, -0.2) is 48.3 Å². The lowest BCUT2D eigenvalue weighted by atomic mass is 9.78. The molecule has 11 heteroatoms. The number of fused-ring (bicyclic) bond motifs is 3. The van der Waals surface area contributed by atoms with Crippen LogP contribution in [0.25, 0.3) is 10.8 Å². The molecule has 1 aliphatic carbocycles. The van der Waals surface area contributed by atoms with Gasteiger partial charge in [-0.2, -0.15) is 26.3 Å². The minimum atomic E-state index is -4.75. The van der Waals surface area contributed by atoms with Crippen LogP contribution in [0.15, 0.2) is 30.3 Å². The lowest BCUT2D eigenvalue weighted by molar-refractivity contribution is -0.185. The Morgan fingerprint density at radius 1 is 0.902 bits per heavy atom. The summed E-state index contributed by atoms with van der Waals surface area (Å²) in [5.41, 5.74) is -0.395. The van der Waals surface area contributed by atoms with Gasteiger partial charge in [-0.3, -0.25) is 9.59 Å². The predicted octanol–water partition coefficient (Wildman–Crippen LogP) is 7.23. The number of alkyl halides is 6. The van der Waals surface area contributed by atoms with Gasteiger partial charge in [-0.15, -0.1) is 0 Å². The Labute approximate surface area is 234 Å². The Morgan fingerprint density at radius 2 is 1.56 bits per heavy atom. The Balaban J connectivity index is 1.33. The first-order valence-corrected chi connectivity index (χ1v) is 14.1. The maximum absolute atomic E-state index is 14.2. The lowest BCUT2D eigenvalue weighted by Crippen LogP contribution is -2.56. The molecule has 3 aliphatic rings. The number of hydrogen-bond acceptors (Lipinski definition) is 4. The number of esters is 1. The average Bonchev–Trinajstić information content (AvgIpc) is 2.90. The van der Waals surface area contributed by atoms with Crippen LogP contribution in [-0.2, 0) is 26.9 Å². The standard InChI is InChI=1S/C30H33F6NO4/c1-40-28(39)19-15-21-3-2-4-22(16-19)37(21)26(38)14-17-5-11-24-18(13-17)6-12-25(27(24)30(34,35)36)41-23-9-7-20(8-10-23)29(31,32)33/h5-6,11-13,19-23H,2-4,7-10,14-16H2,1H3/t19?,20-,21?,22?,23+. The number of rotatable bonds is 5. The molecule has 224 valence electrons. The minimum absolute atomic E-state index is 0.0217. The smallest absolute Gasteiger partial charge is 0.420 e. The molecule has 2 aromatic carbocycles. The van der Waals surface area contributed by atoms with Gasteiger partial charge in [0.1, 0.15) is 11.3 Å². The van der Waals surface area contributed by atoms with E-state index in [1.807, 2.05) is 4.90 Å². The summed E-state index contributed by atoms with van der Waals surface area (Å²) >= 11 is 0. The highest BCUT2D eigenvalue weighted by Crippen LogP contribution is 2.44. The fourth-order valence-corrected chi connectivity index (χ4v) is 6.96. The van der Waals surface area contributed by atoms with Gasteiger partial charge in [0.05, 0.1) is 31.5 Å². The number of methoxy groups -OCH3 is 1. The second-order valence-electron chi connectivity index (χ2n) is 11.5. The number of carbonyl (C=O) groups is 2. The van der Waals surface area contributed by atoms with Gasteiger partial charge in [0, 0.05) is 12.1 Å². The molecule has 41 heavy (non-hydrogen) atoms. The third kappa shape index (κ3) is 6.28. The maximum atomic E-state index is 14.2. The first kappa shape index (κ1) is 29.5. The fourth-order valence-electron chi connectivity index (χ4n) is 6.96. The molecule has 2 bridgehead atoms. The third-order valence-corrected chi connectivity index (χ3v) is 8.91. The summed E-state index contributed by atoms with van der Waals surface area (Å²) in [7, 11) is 1.36. The number of hydrogen-bond donors (Lipinski definition) is 0. The van der Waals surface area contributed by atoms with Gasteiger partial charge in [0.2, 0.25) is 5.91 Å². The van der Waals surface area contributed by atoms with Crippen LogP contribution in [0, 0.1) is 11.8 Å². The summed E-state index contributed by atoms with van der Waals surface area (Å²) in [5, 5.41) is 0.200. The zero-order chi connectivity index (χ0) is 29.5. The van der Waals surface area contributed by atoms with Gasteiger partial charge in [-0.1, -0.05) is 24.3 Å². The summed E-state index contributed by atoms with van der Waals surface area (Å²) in [6.07, 6.45) is -6.43. The van der Waals surface area contributed by atoms with E-state index in [1.54, 1.807) is 6.07 Å². The second-order valence-corrected chi connectivity index (χ2v) is 11.5. The van der Waals surface area contributed by atoms with Crippen LogP contribution >= 0.6 is 0 Å². The first-order valence-electron chi connectivity index (χ1n) is 14.1. The molecule has 2 unspecified atom stereocenters. The maximum Gasteiger partial charge on any atom is 0.420 e. The summed E-state index contributed by atoms with van der Waals surface area (Å²) < 4.78 is 92.2. The third-order valence-electron chi connectivity index (χ3n) is 8.91. The molecule has 5 nitrogen and oxygen atoms in total. The Bertz CT molecular complexity index is 1270. The summed E-state index contributed by atoms with van der Waals surface area (Å²) in [6, 6.07) is 6.98. The predicted molar refractivity (Wildman–Crippen MR) is 138 cm³/mol. The van der Waals surface area contributed by atoms with Crippen LogP contribution in [0.1, 0.15) is 68.9 Å². The number of halogens is 6. The SMILES string of the molecule is COC(=O)C1CC2CCCC(C1)N2C(=O)Cc1ccc2c(C(F)(F)F)c(O[C@H]3CC[C@@H](C(F)(F)F)CC3)ccc2c1. The van der Waals surface area contributed by atoms with E-state index < -0.39 is 35.7 Å². The zero-order valence-electron chi connectivity index (χ0n) is 22.7. The molecule has 2 aliphatic heterocycles. The van der Waals surface area contributed by atoms with E-state index in [-0.39, 0.29) is 67.4 Å². The van der Waals surface area contributed by atoms with E-state index in [9.17, 15) is 35.9 Å². The van der Waals surface area contributed by atoms with Crippen LogP contribution in [0.4, 0.5) is 26.3 Å². The molecule has 2 aromatic rings. The molecule has 2 atom stereocenters. The van der Waals surface area contributed by atoms with Crippen LogP contribution in [0.2, 0.25) is 0 Å². The molecular formula is C30H33F6NO4. The highest BCUT2D eigenvalue weighted by atomic mass is 19.4. The number of nitrogens with zero attached hydrogens (tertiary/aromatic N) is 1. The molecule has 2 heterocycles. The quantitative estimate of drug-likeness (QED) is 0.274. The number of ether oxygens (including phenoxy) is 2. The van der Waals surface area contributed by atoms with Gasteiger partial charge >= 0.3 is 18.3 Å². The van der Waals surface area contributed by atoms with Crippen molar-refractivity contribution in [2.75, 3.05) is 7.11 Å². The van der Waals surface area contributed by atoms with Gasteiger partial charge < -0.3 is 14.4 Å². The molecule has 3 fully saturated rings. The van der Waals surface area contributed by atoms with Crippen molar-refractivity contribution in [3.05, 3.63) is 41.5 Å².